The van der Waals surface area contributed by atoms with E-state index in [1.165, 1.54) is 0 Å². The number of carbonyl (C=O) groups excluding carboxylic acids is 2. The van der Waals surface area contributed by atoms with E-state index in [9.17, 15) is 14.7 Å². The second-order valence-electron chi connectivity index (χ2n) is 6.33. The molecule has 0 aromatic rings. The first-order valence-corrected chi connectivity index (χ1v) is 11.1. The molecule has 0 fully saturated rings. The maximum atomic E-state index is 11.7. The Morgan fingerprint density at radius 2 is 1.68 bits per heavy atom. The zero-order valence-corrected chi connectivity index (χ0v) is 17.1. The molecule has 9 heteroatoms. The minimum Gasteiger partial charge on any atom is -0.396 e. The van der Waals surface area contributed by atoms with Crippen molar-refractivity contribution in [2.75, 3.05) is 44.3 Å². The Kier molecular flexibility index (Phi) is 14.4. The highest BCUT2D eigenvalue weighted by atomic mass is 33.1. The monoisotopic (exact) mass is 395 g/mol. The van der Waals surface area contributed by atoms with E-state index in [0.717, 1.165) is 31.0 Å². The molecule has 0 saturated carbocycles. The molecule has 0 aliphatic heterocycles. The topological polar surface area (TPSA) is 111 Å². The van der Waals surface area contributed by atoms with Gasteiger partial charge in [0.2, 0.25) is 11.8 Å². The first-order valence-electron chi connectivity index (χ1n) is 8.63. The fraction of sp³-hybridized carbons (Fsp3) is 0.875. The van der Waals surface area contributed by atoms with E-state index in [0.29, 0.717) is 6.54 Å². The summed E-state index contributed by atoms with van der Waals surface area (Å²) >= 11 is 0. The van der Waals surface area contributed by atoms with Crippen molar-refractivity contribution in [2.45, 2.75) is 39.7 Å². The van der Waals surface area contributed by atoms with Crippen molar-refractivity contribution in [2.24, 2.45) is 5.41 Å². The van der Waals surface area contributed by atoms with Crippen molar-refractivity contribution in [1.82, 2.24) is 16.0 Å². The summed E-state index contributed by atoms with van der Waals surface area (Å²) in [5, 5.41) is 27.6. The Labute approximate surface area is 158 Å². The second-order valence-corrected chi connectivity index (χ2v) is 9.04. The summed E-state index contributed by atoms with van der Waals surface area (Å²) in [7, 11) is 3.51. The summed E-state index contributed by atoms with van der Waals surface area (Å²) in [6, 6.07) is 0. The average molecular weight is 396 g/mol. The molecule has 148 valence electrons. The molecule has 0 saturated heterocycles. The minimum atomic E-state index is -1.30. The number of amides is 2. The van der Waals surface area contributed by atoms with Crippen LogP contribution in [-0.2, 0) is 9.59 Å². The molecule has 0 bridgehead atoms. The van der Waals surface area contributed by atoms with Crippen LogP contribution in [0.2, 0.25) is 0 Å². The van der Waals surface area contributed by atoms with E-state index in [1.54, 1.807) is 35.4 Å². The van der Waals surface area contributed by atoms with Crippen LogP contribution in [0.4, 0.5) is 0 Å². The summed E-state index contributed by atoms with van der Waals surface area (Å²) in [6.07, 6.45) is -0.0000384. The zero-order valence-electron chi connectivity index (χ0n) is 15.5. The van der Waals surface area contributed by atoms with Crippen LogP contribution >= 0.6 is 21.6 Å². The highest BCUT2D eigenvalue weighted by Crippen LogP contribution is 2.20. The molecule has 0 heterocycles. The van der Waals surface area contributed by atoms with Gasteiger partial charge in [-0.15, -0.1) is 0 Å². The van der Waals surface area contributed by atoms with Crippen LogP contribution in [0.1, 0.15) is 33.6 Å². The predicted octanol–water partition coefficient (Wildman–Crippen LogP) is 0.369. The van der Waals surface area contributed by atoms with Crippen LogP contribution in [0.15, 0.2) is 0 Å². The molecule has 0 rings (SSSR count). The van der Waals surface area contributed by atoms with Crippen molar-refractivity contribution < 1.29 is 19.8 Å². The summed E-state index contributed by atoms with van der Waals surface area (Å²) in [5.41, 5.74) is -0.909. The molecule has 25 heavy (non-hydrogen) atoms. The normalized spacial score (nSPS) is 12.7. The van der Waals surface area contributed by atoms with Crippen LogP contribution in [0.25, 0.3) is 0 Å². The maximum absolute atomic E-state index is 11.7. The van der Waals surface area contributed by atoms with Gasteiger partial charge >= 0.3 is 0 Å². The van der Waals surface area contributed by atoms with Gasteiger partial charge in [-0.05, 0) is 13.0 Å². The second kappa shape index (κ2) is 14.7. The zero-order chi connectivity index (χ0) is 19.1. The molecule has 0 aliphatic carbocycles. The number of nitrogens with one attached hydrogen (secondary N) is 3. The summed E-state index contributed by atoms with van der Waals surface area (Å²) in [6.45, 7) is 7.83. The molecule has 0 aliphatic rings. The van der Waals surface area contributed by atoms with E-state index >= 15 is 0 Å². The van der Waals surface area contributed by atoms with Crippen molar-refractivity contribution >= 4 is 33.4 Å². The molecule has 2 amide bonds. The predicted molar refractivity (Wildman–Crippen MR) is 106 cm³/mol. The van der Waals surface area contributed by atoms with Gasteiger partial charge in [-0.25, -0.2) is 0 Å². The molecule has 1 atom stereocenters. The number of aliphatic hydroxyl groups excluding tert-OH is 2. The fourth-order valence-electron chi connectivity index (χ4n) is 1.69. The first kappa shape index (κ1) is 24.5. The van der Waals surface area contributed by atoms with Crippen LogP contribution in [0.5, 0.6) is 0 Å². The van der Waals surface area contributed by atoms with Crippen molar-refractivity contribution in [3.63, 3.8) is 0 Å². The Morgan fingerprint density at radius 3 is 2.28 bits per heavy atom. The fourth-order valence-corrected chi connectivity index (χ4v) is 3.55. The van der Waals surface area contributed by atoms with Gasteiger partial charge in [-0.2, -0.15) is 0 Å². The van der Waals surface area contributed by atoms with Crippen LogP contribution in [0, 0.1) is 5.41 Å². The lowest BCUT2D eigenvalue weighted by Gasteiger charge is -2.27. The summed E-state index contributed by atoms with van der Waals surface area (Å²) in [4.78, 5) is 23.4. The Balaban J connectivity index is 3.60. The Bertz CT molecular complexity index is 384. The highest BCUT2D eigenvalue weighted by molar-refractivity contribution is 8.76. The average Bonchev–Trinajstić information content (AvgIpc) is 2.59. The quantitative estimate of drug-likeness (QED) is 0.201. The van der Waals surface area contributed by atoms with Gasteiger partial charge in [-0.1, -0.05) is 42.4 Å². The molecule has 0 spiro atoms. The third-order valence-corrected chi connectivity index (χ3v) is 5.84. The van der Waals surface area contributed by atoms with Gasteiger partial charge < -0.3 is 26.2 Å². The number of carbonyl (C=O) groups is 2. The molecule has 7 nitrogen and oxygen atoms in total. The highest BCUT2D eigenvalue weighted by Gasteiger charge is 2.32. The van der Waals surface area contributed by atoms with Gasteiger partial charge in [0.15, 0.2) is 0 Å². The third kappa shape index (κ3) is 12.5. The van der Waals surface area contributed by atoms with E-state index in [1.807, 2.05) is 0 Å². The van der Waals surface area contributed by atoms with E-state index in [4.69, 9.17) is 5.11 Å². The molecule has 0 unspecified atom stereocenters. The molecule has 5 N–H and O–H groups in total. The maximum Gasteiger partial charge on any atom is 0.249 e. The number of hydrogen-bond acceptors (Lipinski definition) is 7. The minimum absolute atomic E-state index is 0.133. The van der Waals surface area contributed by atoms with E-state index in [2.05, 4.69) is 22.9 Å². The number of aliphatic hydroxyl groups is 2. The molecule has 0 radical (unpaired) electrons. The van der Waals surface area contributed by atoms with Crippen LogP contribution < -0.4 is 16.0 Å². The lowest BCUT2D eigenvalue weighted by Crippen LogP contribution is -2.46. The van der Waals surface area contributed by atoms with Gasteiger partial charge in [0.1, 0.15) is 6.10 Å². The Morgan fingerprint density at radius 1 is 1.04 bits per heavy atom. The smallest absolute Gasteiger partial charge is 0.249 e. The van der Waals surface area contributed by atoms with Crippen molar-refractivity contribution in [3.8, 4) is 0 Å². The first-order chi connectivity index (χ1) is 11.8. The van der Waals surface area contributed by atoms with Crippen molar-refractivity contribution in [3.05, 3.63) is 0 Å². The largest absolute Gasteiger partial charge is 0.396 e. The van der Waals surface area contributed by atoms with E-state index < -0.39 is 17.4 Å². The number of rotatable bonds is 15. The Hall–Kier alpha value is -0.480. The van der Waals surface area contributed by atoms with Gasteiger partial charge in [0, 0.05) is 43.0 Å². The SMILES string of the molecule is CCCNCCSSCCNC(=O)CCNC(=O)[C@H](O)C(C)(C)CO. The lowest BCUT2D eigenvalue weighted by molar-refractivity contribution is -0.137. The molecular formula is C16H33N3O4S2. The van der Waals surface area contributed by atoms with Gasteiger partial charge in [0.25, 0.3) is 0 Å². The van der Waals surface area contributed by atoms with Gasteiger partial charge in [-0.3, -0.25) is 9.59 Å². The summed E-state index contributed by atoms with van der Waals surface area (Å²) < 4.78 is 0. The third-order valence-electron chi connectivity index (χ3n) is 3.43. The van der Waals surface area contributed by atoms with Crippen molar-refractivity contribution in [1.29, 1.82) is 0 Å². The van der Waals surface area contributed by atoms with E-state index in [-0.39, 0.29) is 25.5 Å². The lowest BCUT2D eigenvalue weighted by atomic mass is 9.87. The molecule has 0 aromatic carbocycles. The van der Waals surface area contributed by atoms with Gasteiger partial charge in [0.05, 0.1) is 6.61 Å². The molecule has 0 aromatic heterocycles. The van der Waals surface area contributed by atoms with Crippen LogP contribution in [-0.4, -0.2) is 72.4 Å². The summed E-state index contributed by atoms with van der Waals surface area (Å²) in [5.74, 6) is 1.17. The molecular weight excluding hydrogens is 362 g/mol. The van der Waals surface area contributed by atoms with Crippen LogP contribution in [0.3, 0.4) is 0 Å². The standard InChI is InChI=1S/C16H33N3O4S2/c1-4-6-17-8-10-24-25-11-9-18-13(21)5-7-19-15(23)14(22)16(2,3)12-20/h14,17,20,22H,4-12H2,1-3H3,(H,18,21)(H,19,23)/t14-/m0/s1. The number of hydrogen-bond donors (Lipinski definition) is 5.